The Hall–Kier alpha value is -2.12. The Bertz CT molecular complexity index is 969. The molecule has 0 aliphatic rings. The summed E-state index contributed by atoms with van der Waals surface area (Å²) in [5.74, 6) is -0.0642. The van der Waals surface area contributed by atoms with Gasteiger partial charge in [-0.15, -0.1) is 0 Å². The van der Waals surface area contributed by atoms with Crippen LogP contribution < -0.4 is 5.32 Å². The molecule has 2 N–H and O–H groups in total. The second kappa shape index (κ2) is 7.25. The lowest BCUT2D eigenvalue weighted by atomic mass is 10.1. The van der Waals surface area contributed by atoms with Gasteiger partial charge in [0.2, 0.25) is 5.91 Å². The summed E-state index contributed by atoms with van der Waals surface area (Å²) in [6.45, 7) is 8.14. The molecule has 0 spiro atoms. The molecule has 0 aliphatic heterocycles. The van der Waals surface area contributed by atoms with Crippen molar-refractivity contribution in [1.29, 1.82) is 0 Å². The number of imidazole rings is 1. The number of carbonyl (C=O) groups excluding carboxylic acids is 1. The number of hydrogen-bond acceptors (Lipinski definition) is 5. The Balaban J connectivity index is 2.08. The van der Waals surface area contributed by atoms with Crippen molar-refractivity contribution in [2.45, 2.75) is 37.6 Å². The normalized spacial score (nSPS) is 11.7. The molecule has 0 aliphatic carbocycles. The molecule has 1 aromatic carbocycles. The van der Waals surface area contributed by atoms with E-state index in [1.54, 1.807) is 6.33 Å². The minimum absolute atomic E-state index is 0.0642. The van der Waals surface area contributed by atoms with Gasteiger partial charge in [-0.25, -0.2) is 15.0 Å². The van der Waals surface area contributed by atoms with Crippen molar-refractivity contribution >= 4 is 40.4 Å². The first kappa shape index (κ1) is 18.7. The molecule has 0 saturated carbocycles. The van der Waals surface area contributed by atoms with Crippen molar-refractivity contribution in [3.8, 4) is 11.3 Å². The highest BCUT2D eigenvalue weighted by Gasteiger charge is 2.30. The van der Waals surface area contributed by atoms with E-state index in [1.807, 2.05) is 45.9 Å². The molecule has 8 heteroatoms. The van der Waals surface area contributed by atoms with Crippen LogP contribution in [0.25, 0.3) is 22.4 Å². The van der Waals surface area contributed by atoms with Crippen LogP contribution in [-0.2, 0) is 4.79 Å². The maximum Gasteiger partial charge on any atom is 0.236 e. The third kappa shape index (κ3) is 3.68. The number of hydrogen-bond donors (Lipinski definition) is 2. The van der Waals surface area contributed by atoms with Crippen molar-refractivity contribution < 1.29 is 4.79 Å². The maximum atomic E-state index is 12.3. The van der Waals surface area contributed by atoms with Gasteiger partial charge in [-0.1, -0.05) is 35.5 Å². The molecule has 136 valence electrons. The van der Waals surface area contributed by atoms with Gasteiger partial charge in [0.05, 0.1) is 16.1 Å². The quantitative estimate of drug-likeness (QED) is 0.509. The van der Waals surface area contributed by atoms with E-state index >= 15 is 0 Å². The highest BCUT2D eigenvalue weighted by Crippen LogP contribution is 2.35. The number of aromatic nitrogens is 4. The van der Waals surface area contributed by atoms with Crippen LogP contribution in [0.2, 0.25) is 5.02 Å². The third-order valence-electron chi connectivity index (χ3n) is 3.88. The molecule has 3 aromatic rings. The summed E-state index contributed by atoms with van der Waals surface area (Å²) in [7, 11) is 0. The molecule has 1 amide bonds. The topological polar surface area (TPSA) is 83.6 Å². The largest absolute Gasteiger partial charge is 0.355 e. The first-order valence-electron chi connectivity index (χ1n) is 8.26. The second-order valence-corrected chi connectivity index (χ2v) is 8.41. The van der Waals surface area contributed by atoms with Crippen molar-refractivity contribution in [2.75, 3.05) is 6.54 Å². The number of carbonyl (C=O) groups is 1. The van der Waals surface area contributed by atoms with Gasteiger partial charge in [0.25, 0.3) is 0 Å². The molecule has 0 saturated heterocycles. The number of aromatic amines is 1. The van der Waals surface area contributed by atoms with E-state index in [9.17, 15) is 4.79 Å². The van der Waals surface area contributed by atoms with Gasteiger partial charge in [0.1, 0.15) is 11.2 Å². The molecule has 2 aromatic heterocycles. The molecule has 0 radical (unpaired) electrons. The molecule has 0 unspecified atom stereocenters. The summed E-state index contributed by atoms with van der Waals surface area (Å²) in [4.78, 5) is 28.8. The summed E-state index contributed by atoms with van der Waals surface area (Å²) >= 11 is 7.74. The lowest BCUT2D eigenvalue weighted by Gasteiger charge is -2.21. The van der Waals surface area contributed by atoms with Crippen LogP contribution in [0.1, 0.15) is 26.3 Å². The average molecular weight is 390 g/mol. The molecule has 0 fully saturated rings. The molecule has 6 nitrogen and oxygen atoms in total. The van der Waals surface area contributed by atoms with Crippen molar-refractivity contribution in [3.05, 3.63) is 35.1 Å². The van der Waals surface area contributed by atoms with E-state index in [0.29, 0.717) is 28.1 Å². The number of rotatable bonds is 5. The molecular weight excluding hydrogens is 370 g/mol. The first-order chi connectivity index (χ1) is 12.3. The Morgan fingerprint density at radius 3 is 2.81 bits per heavy atom. The second-order valence-electron chi connectivity index (χ2n) is 6.41. The van der Waals surface area contributed by atoms with E-state index in [1.165, 1.54) is 11.8 Å². The van der Waals surface area contributed by atoms with Crippen LogP contribution in [0.5, 0.6) is 0 Å². The Morgan fingerprint density at radius 2 is 2.12 bits per heavy atom. The molecule has 0 bridgehead atoms. The van der Waals surface area contributed by atoms with Gasteiger partial charge in [-0.3, -0.25) is 4.79 Å². The molecular formula is C18H20ClN5OS. The number of nitrogens with zero attached hydrogens (tertiary/aromatic N) is 3. The molecule has 3 rings (SSSR count). The predicted molar refractivity (Wildman–Crippen MR) is 105 cm³/mol. The van der Waals surface area contributed by atoms with Crippen LogP contribution in [0.3, 0.4) is 0 Å². The molecule has 2 heterocycles. The number of halogens is 1. The molecule has 26 heavy (non-hydrogen) atoms. The van der Waals surface area contributed by atoms with Crippen LogP contribution >= 0.6 is 23.4 Å². The fourth-order valence-corrected chi connectivity index (χ4v) is 3.73. The summed E-state index contributed by atoms with van der Waals surface area (Å²) in [6.07, 6.45) is 1.58. The van der Waals surface area contributed by atoms with E-state index in [2.05, 4.69) is 25.3 Å². The lowest BCUT2D eigenvalue weighted by Crippen LogP contribution is -2.39. The zero-order chi connectivity index (χ0) is 18.9. The van der Waals surface area contributed by atoms with Gasteiger partial charge in [-0.2, -0.15) is 0 Å². The number of H-pyrrole nitrogens is 1. The fourth-order valence-electron chi connectivity index (χ4n) is 2.51. The monoisotopic (exact) mass is 389 g/mol. The summed E-state index contributed by atoms with van der Waals surface area (Å²) in [5, 5.41) is 3.93. The minimum Gasteiger partial charge on any atom is -0.355 e. The number of amides is 1. The zero-order valence-corrected chi connectivity index (χ0v) is 16.6. The van der Waals surface area contributed by atoms with E-state index in [0.717, 1.165) is 16.6 Å². The summed E-state index contributed by atoms with van der Waals surface area (Å²) in [5.41, 5.74) is 3.80. The van der Waals surface area contributed by atoms with Crippen LogP contribution in [0.4, 0.5) is 0 Å². The number of nitrogens with one attached hydrogen (secondary N) is 2. The predicted octanol–water partition coefficient (Wildman–Crippen LogP) is 3.99. The van der Waals surface area contributed by atoms with Crippen molar-refractivity contribution in [1.82, 2.24) is 25.3 Å². The highest BCUT2D eigenvalue weighted by atomic mass is 35.5. The van der Waals surface area contributed by atoms with Crippen LogP contribution in [0, 0.1) is 6.92 Å². The van der Waals surface area contributed by atoms with E-state index in [-0.39, 0.29) is 5.91 Å². The Morgan fingerprint density at radius 1 is 1.35 bits per heavy atom. The van der Waals surface area contributed by atoms with Gasteiger partial charge >= 0.3 is 0 Å². The van der Waals surface area contributed by atoms with E-state index in [4.69, 9.17) is 11.6 Å². The SMILES string of the molecule is CCNC(=O)C(C)(C)Sc1nc(-c2ccc(C)cc2Cl)c2[nH]cnc2n1. The van der Waals surface area contributed by atoms with Gasteiger partial charge in [-0.05, 0) is 39.3 Å². The zero-order valence-electron chi connectivity index (χ0n) is 15.1. The number of benzene rings is 1. The number of fused-ring (bicyclic) bond motifs is 1. The number of aryl methyl sites for hydroxylation is 1. The van der Waals surface area contributed by atoms with Gasteiger partial charge in [0.15, 0.2) is 10.8 Å². The Kier molecular flexibility index (Phi) is 5.20. The van der Waals surface area contributed by atoms with E-state index < -0.39 is 4.75 Å². The fraction of sp³-hybridized carbons (Fsp3) is 0.333. The smallest absolute Gasteiger partial charge is 0.236 e. The summed E-state index contributed by atoms with van der Waals surface area (Å²) in [6, 6.07) is 5.81. The van der Waals surface area contributed by atoms with Gasteiger partial charge in [0, 0.05) is 12.1 Å². The average Bonchev–Trinajstić information content (AvgIpc) is 3.02. The van der Waals surface area contributed by atoms with Gasteiger partial charge < -0.3 is 10.3 Å². The highest BCUT2D eigenvalue weighted by molar-refractivity contribution is 8.01. The third-order valence-corrected chi connectivity index (χ3v) is 5.25. The van der Waals surface area contributed by atoms with Crippen LogP contribution in [0.15, 0.2) is 29.7 Å². The lowest BCUT2D eigenvalue weighted by molar-refractivity contribution is -0.122. The summed E-state index contributed by atoms with van der Waals surface area (Å²) < 4.78 is -0.714. The maximum absolute atomic E-state index is 12.3. The minimum atomic E-state index is -0.714. The standard InChI is InChI=1S/C18H20ClN5OS/c1-5-20-16(25)18(3,4)26-17-23-13(14-15(24-17)22-9-21-14)11-7-6-10(2)8-12(11)19/h6-9H,5H2,1-4H3,(H,20,25)(H,21,22,23,24). The van der Waals surface area contributed by atoms with Crippen molar-refractivity contribution in [3.63, 3.8) is 0 Å². The molecule has 0 atom stereocenters. The van der Waals surface area contributed by atoms with Crippen molar-refractivity contribution in [2.24, 2.45) is 0 Å². The first-order valence-corrected chi connectivity index (χ1v) is 9.46. The number of thioether (sulfide) groups is 1. The van der Waals surface area contributed by atoms with Crippen LogP contribution in [-0.4, -0.2) is 37.1 Å². The Labute approximate surface area is 161 Å².